The molecule has 2 aromatic heterocycles. The first-order valence-electron chi connectivity index (χ1n) is 8.51. The number of anilines is 1. The lowest BCUT2D eigenvalue weighted by Crippen LogP contribution is -2.28. The minimum Gasteiger partial charge on any atom is -0.322 e. The summed E-state index contributed by atoms with van der Waals surface area (Å²) < 4.78 is 39.6. The van der Waals surface area contributed by atoms with Crippen molar-refractivity contribution in [2.24, 2.45) is 0 Å². The van der Waals surface area contributed by atoms with Gasteiger partial charge in [0.15, 0.2) is 15.5 Å². The molecule has 9 nitrogen and oxygen atoms in total. The Labute approximate surface area is 158 Å². The largest absolute Gasteiger partial charge is 0.322 e. The SMILES string of the molecule is O=C(Cn1cnc2c(cnn2[C@@H]2CCS(=O)(=O)C2)c1=O)Nc1ccccc1F. The van der Waals surface area contributed by atoms with Crippen LogP contribution in [0.1, 0.15) is 12.5 Å². The number of amides is 1. The van der Waals surface area contributed by atoms with Crippen molar-refractivity contribution in [1.29, 1.82) is 0 Å². The van der Waals surface area contributed by atoms with Gasteiger partial charge in [-0.1, -0.05) is 12.1 Å². The number of nitrogens with zero attached hydrogens (tertiary/aromatic N) is 4. The number of carbonyl (C=O) groups is 1. The van der Waals surface area contributed by atoms with Crippen LogP contribution in [0.25, 0.3) is 11.0 Å². The van der Waals surface area contributed by atoms with Crippen LogP contribution in [0.5, 0.6) is 0 Å². The maximum absolute atomic E-state index is 13.6. The predicted octanol–water partition coefficient (Wildman–Crippen LogP) is 0.730. The van der Waals surface area contributed by atoms with Crippen LogP contribution in [0.2, 0.25) is 0 Å². The van der Waals surface area contributed by atoms with Gasteiger partial charge in [0.05, 0.1) is 29.4 Å². The van der Waals surface area contributed by atoms with Gasteiger partial charge in [0, 0.05) is 0 Å². The van der Waals surface area contributed by atoms with E-state index in [4.69, 9.17) is 0 Å². The number of carbonyl (C=O) groups excluding carboxylic acids is 1. The van der Waals surface area contributed by atoms with Crippen molar-refractivity contribution >= 4 is 32.5 Å². The molecular weight excluding hydrogens is 389 g/mol. The maximum Gasteiger partial charge on any atom is 0.264 e. The van der Waals surface area contributed by atoms with Crippen LogP contribution in [0.4, 0.5) is 10.1 Å². The third kappa shape index (κ3) is 3.40. The summed E-state index contributed by atoms with van der Waals surface area (Å²) in [7, 11) is -3.11. The van der Waals surface area contributed by atoms with Crippen LogP contribution in [0.15, 0.2) is 41.6 Å². The van der Waals surface area contributed by atoms with E-state index < -0.39 is 27.1 Å². The Balaban J connectivity index is 1.58. The molecule has 146 valence electrons. The summed E-state index contributed by atoms with van der Waals surface area (Å²) in [5.74, 6) is -1.13. The van der Waals surface area contributed by atoms with E-state index in [9.17, 15) is 22.4 Å². The molecule has 1 aliphatic heterocycles. The molecule has 1 aliphatic rings. The van der Waals surface area contributed by atoms with Crippen LogP contribution >= 0.6 is 0 Å². The van der Waals surface area contributed by atoms with E-state index >= 15 is 0 Å². The highest BCUT2D eigenvalue weighted by Gasteiger charge is 2.31. The Morgan fingerprint density at radius 3 is 2.82 bits per heavy atom. The molecule has 0 aliphatic carbocycles. The number of hydrogen-bond donors (Lipinski definition) is 1. The van der Waals surface area contributed by atoms with Crippen LogP contribution in [0, 0.1) is 5.82 Å². The molecule has 1 amide bonds. The third-order valence-corrected chi connectivity index (χ3v) is 6.35. The normalized spacial score (nSPS) is 18.4. The minimum atomic E-state index is -3.11. The molecule has 0 bridgehead atoms. The average Bonchev–Trinajstić information content (AvgIpc) is 3.22. The van der Waals surface area contributed by atoms with Crippen molar-refractivity contribution in [3.8, 4) is 0 Å². The molecule has 1 atom stereocenters. The first kappa shape index (κ1) is 18.3. The van der Waals surface area contributed by atoms with Crippen molar-refractivity contribution in [2.45, 2.75) is 19.0 Å². The van der Waals surface area contributed by atoms with Gasteiger partial charge in [-0.3, -0.25) is 14.2 Å². The van der Waals surface area contributed by atoms with Crippen LogP contribution < -0.4 is 10.9 Å². The Kier molecular flexibility index (Phi) is 4.46. The number of para-hydroxylation sites is 1. The lowest BCUT2D eigenvalue weighted by Gasteiger charge is -2.10. The van der Waals surface area contributed by atoms with E-state index in [0.29, 0.717) is 6.42 Å². The van der Waals surface area contributed by atoms with Crippen molar-refractivity contribution in [3.63, 3.8) is 0 Å². The second kappa shape index (κ2) is 6.82. The topological polar surface area (TPSA) is 116 Å². The van der Waals surface area contributed by atoms with Gasteiger partial charge in [-0.15, -0.1) is 0 Å². The fourth-order valence-corrected chi connectivity index (χ4v) is 4.91. The van der Waals surface area contributed by atoms with E-state index in [1.54, 1.807) is 6.07 Å². The zero-order chi connectivity index (χ0) is 19.9. The zero-order valence-electron chi connectivity index (χ0n) is 14.6. The summed E-state index contributed by atoms with van der Waals surface area (Å²) in [5.41, 5.74) is -0.191. The van der Waals surface area contributed by atoms with E-state index in [2.05, 4.69) is 15.4 Å². The molecule has 1 N–H and O–H groups in total. The summed E-state index contributed by atoms with van der Waals surface area (Å²) in [5, 5.41) is 6.72. The van der Waals surface area contributed by atoms with Gasteiger partial charge in [0.25, 0.3) is 5.56 Å². The monoisotopic (exact) mass is 405 g/mol. The molecule has 3 aromatic rings. The van der Waals surface area contributed by atoms with E-state index in [1.165, 1.54) is 35.4 Å². The van der Waals surface area contributed by atoms with Crippen LogP contribution in [-0.2, 0) is 21.2 Å². The van der Waals surface area contributed by atoms with Crippen molar-refractivity contribution in [3.05, 3.63) is 53.0 Å². The Bertz CT molecular complexity index is 1230. The fourth-order valence-electron chi connectivity index (χ4n) is 3.22. The highest BCUT2D eigenvalue weighted by molar-refractivity contribution is 7.91. The molecule has 28 heavy (non-hydrogen) atoms. The molecule has 0 unspecified atom stereocenters. The number of aromatic nitrogens is 4. The van der Waals surface area contributed by atoms with Gasteiger partial charge in [-0.2, -0.15) is 5.10 Å². The molecule has 0 spiro atoms. The number of hydrogen-bond acceptors (Lipinski definition) is 6. The summed E-state index contributed by atoms with van der Waals surface area (Å²) >= 11 is 0. The van der Waals surface area contributed by atoms with Crippen LogP contribution in [0.3, 0.4) is 0 Å². The summed E-state index contributed by atoms with van der Waals surface area (Å²) in [6.07, 6.45) is 2.93. The number of halogens is 1. The Morgan fingerprint density at radius 1 is 1.32 bits per heavy atom. The fraction of sp³-hybridized carbons (Fsp3) is 0.294. The molecule has 1 saturated heterocycles. The lowest BCUT2D eigenvalue weighted by atomic mass is 10.3. The second-order valence-electron chi connectivity index (χ2n) is 6.59. The maximum atomic E-state index is 13.6. The van der Waals surface area contributed by atoms with Crippen molar-refractivity contribution < 1.29 is 17.6 Å². The number of sulfone groups is 1. The molecular formula is C17H16FN5O4S. The van der Waals surface area contributed by atoms with Crippen molar-refractivity contribution in [2.75, 3.05) is 16.8 Å². The van der Waals surface area contributed by atoms with Gasteiger partial charge in [-0.05, 0) is 18.6 Å². The van der Waals surface area contributed by atoms with E-state index in [1.807, 2.05) is 0 Å². The number of nitrogens with one attached hydrogen (secondary N) is 1. The zero-order valence-corrected chi connectivity index (χ0v) is 15.4. The lowest BCUT2D eigenvalue weighted by molar-refractivity contribution is -0.116. The molecule has 4 rings (SSSR count). The predicted molar refractivity (Wildman–Crippen MR) is 99.1 cm³/mol. The van der Waals surface area contributed by atoms with E-state index in [-0.39, 0.29) is 40.8 Å². The van der Waals surface area contributed by atoms with E-state index in [0.717, 1.165) is 4.57 Å². The Hall–Kier alpha value is -3.08. The molecule has 3 heterocycles. The third-order valence-electron chi connectivity index (χ3n) is 4.60. The van der Waals surface area contributed by atoms with Gasteiger partial charge in [0.1, 0.15) is 24.1 Å². The molecule has 1 aromatic carbocycles. The molecule has 11 heteroatoms. The van der Waals surface area contributed by atoms with Crippen LogP contribution in [-0.4, -0.2) is 45.2 Å². The molecule has 0 saturated carbocycles. The summed E-state index contributed by atoms with van der Waals surface area (Å²) in [6, 6.07) is 5.34. The van der Waals surface area contributed by atoms with Crippen molar-refractivity contribution in [1.82, 2.24) is 19.3 Å². The van der Waals surface area contributed by atoms with Gasteiger partial charge < -0.3 is 5.32 Å². The average molecular weight is 405 g/mol. The van der Waals surface area contributed by atoms with Gasteiger partial charge >= 0.3 is 0 Å². The quantitative estimate of drug-likeness (QED) is 0.684. The number of fused-ring (bicyclic) bond motifs is 1. The first-order valence-corrected chi connectivity index (χ1v) is 10.3. The highest BCUT2D eigenvalue weighted by atomic mass is 32.2. The minimum absolute atomic E-state index is 0.0184. The molecule has 1 fully saturated rings. The highest BCUT2D eigenvalue weighted by Crippen LogP contribution is 2.25. The smallest absolute Gasteiger partial charge is 0.264 e. The molecule has 0 radical (unpaired) electrons. The van der Waals surface area contributed by atoms with Gasteiger partial charge in [-0.25, -0.2) is 22.5 Å². The van der Waals surface area contributed by atoms with Gasteiger partial charge in [0.2, 0.25) is 5.91 Å². The standard InChI is InChI=1S/C17H16FN5O4S/c18-13-3-1-2-4-14(13)21-15(24)8-22-10-19-16-12(17(22)25)7-20-23(16)11-5-6-28(26,27)9-11/h1-4,7,10-11H,5-6,8-9H2,(H,21,24)/t11-/m1/s1. The first-order chi connectivity index (χ1) is 13.3. The summed E-state index contributed by atoms with van der Waals surface area (Å²) in [4.78, 5) is 29.0. The second-order valence-corrected chi connectivity index (χ2v) is 8.82. The summed E-state index contributed by atoms with van der Waals surface area (Å²) in [6.45, 7) is -0.348. The number of rotatable bonds is 4. The Morgan fingerprint density at radius 2 is 2.11 bits per heavy atom. The number of benzene rings is 1.